The summed E-state index contributed by atoms with van der Waals surface area (Å²) in [5, 5.41) is 26.5. The third kappa shape index (κ3) is 3.06. The third-order valence-electron chi connectivity index (χ3n) is 8.30. The first kappa shape index (κ1) is 23.8. The van der Waals surface area contributed by atoms with Crippen LogP contribution in [0.1, 0.15) is 31.8 Å². The van der Waals surface area contributed by atoms with E-state index in [0.29, 0.717) is 44.2 Å². The van der Waals surface area contributed by atoms with E-state index in [1.54, 1.807) is 42.5 Å². The Morgan fingerprint density at radius 2 is 1.12 bits per heavy atom. The number of benzene rings is 6. The monoisotopic (exact) mass is 548 g/mol. The van der Waals surface area contributed by atoms with Crippen LogP contribution in [-0.4, -0.2) is 21.4 Å². The molecule has 2 aliphatic carbocycles. The number of carbonyl (C=O) groups is 2. The van der Waals surface area contributed by atoms with Crippen molar-refractivity contribution in [3.05, 3.63) is 140 Å². The molecule has 8 heteroatoms. The van der Waals surface area contributed by atoms with Crippen LogP contribution in [0, 0.1) is 20.2 Å². The molecule has 0 radical (unpaired) electrons. The van der Waals surface area contributed by atoms with Crippen molar-refractivity contribution in [2.24, 2.45) is 0 Å². The highest BCUT2D eigenvalue weighted by atomic mass is 16.6. The molecule has 0 spiro atoms. The van der Waals surface area contributed by atoms with E-state index < -0.39 is 15.6 Å². The SMILES string of the molecule is O=C1c2ccccc2-c2cc(-c3cc4c5c(cccc5c3[N+](=O)[O-])C(=O)c3cc([N+](=O)[O-])ccc3-4)cc3cccc1c23. The molecule has 8 rings (SSSR count). The van der Waals surface area contributed by atoms with Crippen LogP contribution in [0.15, 0.2) is 97.1 Å². The molecule has 0 saturated carbocycles. The maximum atomic E-state index is 13.5. The van der Waals surface area contributed by atoms with Crippen LogP contribution in [-0.2, 0) is 0 Å². The van der Waals surface area contributed by atoms with E-state index >= 15 is 0 Å². The molecule has 6 aromatic rings. The quantitative estimate of drug-likeness (QED) is 0.163. The lowest BCUT2D eigenvalue weighted by Gasteiger charge is -2.23. The van der Waals surface area contributed by atoms with E-state index in [9.17, 15) is 29.8 Å². The standard InChI is InChI=1S/C34H16N2O6/c37-33-22-7-2-1-6-20(22)27-14-18(13-17-5-3-9-24(33)30(17)27)26-16-28-21-12-11-19(35(39)40)15-29(21)34(38)25-10-4-8-23(31(25)28)32(26)36(41)42/h1-16H. The van der Waals surface area contributed by atoms with Gasteiger partial charge in [-0.1, -0.05) is 54.6 Å². The predicted molar refractivity (Wildman–Crippen MR) is 158 cm³/mol. The van der Waals surface area contributed by atoms with Gasteiger partial charge in [0.05, 0.1) is 20.8 Å². The van der Waals surface area contributed by atoms with Gasteiger partial charge in [0, 0.05) is 45.2 Å². The molecule has 0 fully saturated rings. The molecule has 198 valence electrons. The van der Waals surface area contributed by atoms with Crippen LogP contribution in [0.3, 0.4) is 0 Å². The molecule has 2 aliphatic rings. The van der Waals surface area contributed by atoms with E-state index in [1.165, 1.54) is 18.2 Å². The smallest absolute Gasteiger partial charge is 0.285 e. The van der Waals surface area contributed by atoms with Crippen LogP contribution in [0.4, 0.5) is 11.4 Å². The van der Waals surface area contributed by atoms with Crippen molar-refractivity contribution in [3.8, 4) is 33.4 Å². The van der Waals surface area contributed by atoms with E-state index in [0.717, 1.165) is 21.9 Å². The Bertz CT molecular complexity index is 2300. The summed E-state index contributed by atoms with van der Waals surface area (Å²) in [6.45, 7) is 0. The van der Waals surface area contributed by atoms with Gasteiger partial charge in [-0.15, -0.1) is 0 Å². The first-order chi connectivity index (χ1) is 20.3. The second-order valence-corrected chi connectivity index (χ2v) is 10.4. The fourth-order valence-corrected chi connectivity index (χ4v) is 6.55. The summed E-state index contributed by atoms with van der Waals surface area (Å²) in [7, 11) is 0. The Labute approximate surface area is 236 Å². The summed E-state index contributed by atoms with van der Waals surface area (Å²) < 4.78 is 0. The molecule has 0 heterocycles. The van der Waals surface area contributed by atoms with Crippen molar-refractivity contribution < 1.29 is 19.4 Å². The number of ketones is 2. The number of nitro groups is 2. The van der Waals surface area contributed by atoms with Gasteiger partial charge in [-0.3, -0.25) is 29.8 Å². The Hall–Kier alpha value is -6.02. The highest BCUT2D eigenvalue weighted by molar-refractivity contribution is 6.29. The molecule has 0 N–H and O–H groups in total. The number of hydrogen-bond donors (Lipinski definition) is 0. The highest BCUT2D eigenvalue weighted by Crippen LogP contribution is 2.49. The van der Waals surface area contributed by atoms with Crippen LogP contribution in [0.2, 0.25) is 0 Å². The summed E-state index contributed by atoms with van der Waals surface area (Å²) in [6, 6.07) is 27.2. The number of nitrogens with zero attached hydrogens (tertiary/aromatic N) is 2. The summed E-state index contributed by atoms with van der Waals surface area (Å²) in [5.74, 6) is -0.488. The van der Waals surface area contributed by atoms with Gasteiger partial charge in [-0.2, -0.15) is 0 Å². The Balaban J connectivity index is 1.50. The number of rotatable bonds is 3. The lowest BCUT2D eigenvalue weighted by Crippen LogP contribution is -2.12. The zero-order valence-electron chi connectivity index (χ0n) is 21.6. The Kier molecular flexibility index (Phi) is 4.68. The van der Waals surface area contributed by atoms with Crippen molar-refractivity contribution in [2.45, 2.75) is 0 Å². The van der Waals surface area contributed by atoms with Gasteiger partial charge < -0.3 is 0 Å². The molecule has 0 unspecified atom stereocenters. The van der Waals surface area contributed by atoms with E-state index in [1.807, 2.05) is 36.4 Å². The van der Waals surface area contributed by atoms with Crippen molar-refractivity contribution in [2.75, 3.05) is 0 Å². The van der Waals surface area contributed by atoms with E-state index in [-0.39, 0.29) is 28.3 Å². The third-order valence-corrected chi connectivity index (χ3v) is 8.30. The summed E-state index contributed by atoms with van der Waals surface area (Å²) in [4.78, 5) is 50.0. The summed E-state index contributed by atoms with van der Waals surface area (Å²) in [6.07, 6.45) is 0. The lowest BCUT2D eigenvalue weighted by atomic mass is 9.79. The maximum Gasteiger partial charge on any atom is 0.285 e. The average Bonchev–Trinajstić information content (AvgIpc) is 3.01. The van der Waals surface area contributed by atoms with Gasteiger partial charge in [0.1, 0.15) is 0 Å². The second kappa shape index (κ2) is 8.25. The van der Waals surface area contributed by atoms with Crippen molar-refractivity contribution in [1.82, 2.24) is 0 Å². The molecule has 0 atom stereocenters. The van der Waals surface area contributed by atoms with Crippen molar-refractivity contribution in [1.29, 1.82) is 0 Å². The number of fused-ring (bicyclic) bond motifs is 4. The van der Waals surface area contributed by atoms with Crippen LogP contribution >= 0.6 is 0 Å². The molecular formula is C34H16N2O6. The van der Waals surface area contributed by atoms with Gasteiger partial charge in [-0.05, 0) is 63.5 Å². The fourth-order valence-electron chi connectivity index (χ4n) is 6.55. The average molecular weight is 549 g/mol. The van der Waals surface area contributed by atoms with Gasteiger partial charge >= 0.3 is 0 Å². The molecule has 0 aliphatic heterocycles. The zero-order valence-corrected chi connectivity index (χ0v) is 21.6. The van der Waals surface area contributed by atoms with Crippen LogP contribution in [0.25, 0.3) is 54.9 Å². The maximum absolute atomic E-state index is 13.5. The Morgan fingerprint density at radius 1 is 0.476 bits per heavy atom. The molecule has 0 amide bonds. The summed E-state index contributed by atoms with van der Waals surface area (Å²) in [5.41, 5.74) is 4.77. The highest BCUT2D eigenvalue weighted by Gasteiger charge is 2.33. The molecular weight excluding hydrogens is 532 g/mol. The summed E-state index contributed by atoms with van der Waals surface area (Å²) >= 11 is 0. The van der Waals surface area contributed by atoms with Gasteiger partial charge in [-0.25, -0.2) is 0 Å². The normalized spacial score (nSPS) is 12.8. The van der Waals surface area contributed by atoms with E-state index in [2.05, 4.69) is 0 Å². The largest absolute Gasteiger partial charge is 0.289 e. The topological polar surface area (TPSA) is 120 Å². The lowest BCUT2D eigenvalue weighted by molar-refractivity contribution is -0.384. The molecule has 0 bridgehead atoms. The van der Waals surface area contributed by atoms with Gasteiger partial charge in [0.25, 0.3) is 11.4 Å². The Morgan fingerprint density at radius 3 is 1.88 bits per heavy atom. The molecule has 42 heavy (non-hydrogen) atoms. The first-order valence-electron chi connectivity index (χ1n) is 13.1. The number of hydrogen-bond acceptors (Lipinski definition) is 6. The van der Waals surface area contributed by atoms with Crippen molar-refractivity contribution >= 4 is 44.5 Å². The molecule has 0 aromatic heterocycles. The van der Waals surface area contributed by atoms with Crippen LogP contribution < -0.4 is 0 Å². The van der Waals surface area contributed by atoms with Gasteiger partial charge in [0.2, 0.25) is 0 Å². The van der Waals surface area contributed by atoms with Crippen molar-refractivity contribution in [3.63, 3.8) is 0 Å². The van der Waals surface area contributed by atoms with Crippen LogP contribution in [0.5, 0.6) is 0 Å². The molecule has 6 aromatic carbocycles. The number of carbonyl (C=O) groups excluding carboxylic acids is 2. The first-order valence-corrected chi connectivity index (χ1v) is 13.1. The fraction of sp³-hybridized carbons (Fsp3) is 0. The minimum Gasteiger partial charge on any atom is -0.289 e. The minimum absolute atomic E-state index is 0.0690. The number of nitro benzene ring substituents is 2. The second-order valence-electron chi connectivity index (χ2n) is 10.4. The molecule has 0 saturated heterocycles. The predicted octanol–water partition coefficient (Wildman–Crippen LogP) is 7.90. The number of non-ortho nitro benzene ring substituents is 1. The zero-order chi connectivity index (χ0) is 28.9. The van der Waals surface area contributed by atoms with Gasteiger partial charge in [0.15, 0.2) is 11.6 Å². The minimum atomic E-state index is -0.553. The van der Waals surface area contributed by atoms with E-state index in [4.69, 9.17) is 0 Å². The molecule has 8 nitrogen and oxygen atoms in total.